The van der Waals surface area contributed by atoms with Gasteiger partial charge in [-0.2, -0.15) is 0 Å². The van der Waals surface area contributed by atoms with Gasteiger partial charge < -0.3 is 5.11 Å². The number of fused-ring (bicyclic) bond motifs is 2. The summed E-state index contributed by atoms with van der Waals surface area (Å²) >= 11 is 1.41. The van der Waals surface area contributed by atoms with Crippen molar-refractivity contribution in [3.8, 4) is 22.0 Å². The van der Waals surface area contributed by atoms with Crippen molar-refractivity contribution in [1.82, 2.24) is 9.55 Å². The van der Waals surface area contributed by atoms with Crippen LogP contribution in [0.1, 0.15) is 0 Å². The molecule has 0 aliphatic carbocycles. The van der Waals surface area contributed by atoms with Crippen LogP contribution in [-0.4, -0.2) is 14.7 Å². The third-order valence-corrected chi connectivity index (χ3v) is 5.63. The Hall–Kier alpha value is -3.44. The first kappa shape index (κ1) is 15.8. The smallest absolute Gasteiger partial charge is 0.269 e. The molecule has 27 heavy (non-hydrogen) atoms. The highest BCUT2D eigenvalue weighted by atomic mass is 32.1. The molecule has 0 amide bonds. The molecule has 1 N–H and O–H groups in total. The minimum Gasteiger partial charge on any atom is -0.506 e. The summed E-state index contributed by atoms with van der Waals surface area (Å²) < 4.78 is 2.61. The highest BCUT2D eigenvalue weighted by molar-refractivity contribution is 7.21. The van der Waals surface area contributed by atoms with E-state index in [2.05, 4.69) is 4.98 Å². The molecule has 0 atom stereocenters. The molecule has 4 nitrogen and oxygen atoms in total. The van der Waals surface area contributed by atoms with Crippen LogP contribution in [0.25, 0.3) is 37.4 Å². The van der Waals surface area contributed by atoms with E-state index >= 15 is 0 Å². The molecule has 0 spiro atoms. The molecule has 2 heterocycles. The minimum atomic E-state index is -0.281. The molecule has 0 bridgehead atoms. The van der Waals surface area contributed by atoms with E-state index in [-0.39, 0.29) is 16.9 Å². The number of rotatable bonds is 2. The van der Waals surface area contributed by atoms with E-state index in [1.807, 2.05) is 78.9 Å². The van der Waals surface area contributed by atoms with Crippen LogP contribution in [0.15, 0.2) is 83.7 Å². The molecule has 5 rings (SSSR count). The summed E-state index contributed by atoms with van der Waals surface area (Å²) in [6.07, 6.45) is 0. The lowest BCUT2D eigenvalue weighted by atomic mass is 10.1. The quantitative estimate of drug-likeness (QED) is 0.477. The lowest BCUT2D eigenvalue weighted by molar-refractivity contribution is 0.482. The van der Waals surface area contributed by atoms with Gasteiger partial charge in [0.2, 0.25) is 0 Å². The van der Waals surface area contributed by atoms with E-state index in [9.17, 15) is 9.90 Å². The molecule has 0 radical (unpaired) electrons. The summed E-state index contributed by atoms with van der Waals surface area (Å²) in [7, 11) is 0. The Morgan fingerprint density at radius 1 is 0.852 bits per heavy atom. The second-order valence-electron chi connectivity index (χ2n) is 6.20. The van der Waals surface area contributed by atoms with Gasteiger partial charge in [0.15, 0.2) is 0 Å². The summed E-state index contributed by atoms with van der Waals surface area (Å²) in [6.45, 7) is 0. The third-order valence-electron chi connectivity index (χ3n) is 4.58. The maximum Gasteiger partial charge on any atom is 0.269 e. The van der Waals surface area contributed by atoms with Gasteiger partial charge in [0.1, 0.15) is 16.3 Å². The summed E-state index contributed by atoms with van der Waals surface area (Å²) in [5, 5.41) is 12.1. The average Bonchev–Trinajstić information content (AvgIpc) is 3.12. The number of thiazole rings is 1. The fraction of sp³-hybridized carbons (Fsp3) is 0. The lowest BCUT2D eigenvalue weighted by Crippen LogP contribution is -2.20. The second kappa shape index (κ2) is 6.07. The Morgan fingerprint density at radius 3 is 2.37 bits per heavy atom. The average molecular weight is 370 g/mol. The molecule has 0 saturated carbocycles. The number of nitrogens with zero attached hydrogens (tertiary/aromatic N) is 2. The van der Waals surface area contributed by atoms with E-state index in [4.69, 9.17) is 0 Å². The monoisotopic (exact) mass is 370 g/mol. The minimum absolute atomic E-state index is 0.0261. The number of benzene rings is 3. The molecule has 5 heteroatoms. The van der Waals surface area contributed by atoms with Crippen molar-refractivity contribution in [2.75, 3.05) is 0 Å². The molecule has 2 aromatic heterocycles. The second-order valence-corrected chi connectivity index (χ2v) is 7.23. The maximum absolute atomic E-state index is 13.5. The Bertz CT molecular complexity index is 1320. The molecular weight excluding hydrogens is 356 g/mol. The Labute approximate surface area is 158 Å². The molecule has 5 aromatic rings. The topological polar surface area (TPSA) is 55.1 Å². The van der Waals surface area contributed by atoms with Crippen LogP contribution in [-0.2, 0) is 0 Å². The molecule has 0 saturated heterocycles. The van der Waals surface area contributed by atoms with Crippen molar-refractivity contribution in [1.29, 1.82) is 0 Å². The summed E-state index contributed by atoms with van der Waals surface area (Å²) in [5.74, 6) is -0.0261. The Morgan fingerprint density at radius 2 is 1.56 bits per heavy atom. The third kappa shape index (κ3) is 2.44. The molecule has 3 aromatic carbocycles. The zero-order chi connectivity index (χ0) is 18.4. The molecular formula is C22H14N2O2S. The number of pyridine rings is 1. The van der Waals surface area contributed by atoms with Gasteiger partial charge in [0.05, 0.1) is 15.7 Å². The normalized spacial score (nSPS) is 11.3. The lowest BCUT2D eigenvalue weighted by Gasteiger charge is -2.14. The summed E-state index contributed by atoms with van der Waals surface area (Å²) in [5.41, 5.74) is 2.18. The highest BCUT2D eigenvalue weighted by Gasteiger charge is 2.21. The van der Waals surface area contributed by atoms with Crippen LogP contribution in [0.2, 0.25) is 0 Å². The van der Waals surface area contributed by atoms with Crippen LogP contribution in [0.5, 0.6) is 5.75 Å². The van der Waals surface area contributed by atoms with Crippen LogP contribution in [0.4, 0.5) is 0 Å². The first-order valence-electron chi connectivity index (χ1n) is 8.52. The van der Waals surface area contributed by atoms with Crippen molar-refractivity contribution in [3.63, 3.8) is 0 Å². The Balaban J connectivity index is 1.92. The van der Waals surface area contributed by atoms with Gasteiger partial charge in [-0.05, 0) is 36.4 Å². The van der Waals surface area contributed by atoms with Gasteiger partial charge in [0.25, 0.3) is 5.56 Å². The molecule has 0 unspecified atom stereocenters. The van der Waals surface area contributed by atoms with Gasteiger partial charge in [-0.1, -0.05) is 42.5 Å². The Kier molecular flexibility index (Phi) is 3.55. The zero-order valence-corrected chi connectivity index (χ0v) is 15.0. The standard InChI is InChI=1S/C22H14N2O2S/c25-20-15-10-4-6-12-17(15)24(14-8-2-1-3-9-14)22(26)19(20)21-23-16-11-5-7-13-18(16)27-21/h1-13,25H. The van der Waals surface area contributed by atoms with Gasteiger partial charge in [0, 0.05) is 11.1 Å². The van der Waals surface area contributed by atoms with Gasteiger partial charge >= 0.3 is 0 Å². The van der Waals surface area contributed by atoms with Crippen LogP contribution in [0, 0.1) is 0 Å². The first-order valence-corrected chi connectivity index (χ1v) is 9.34. The number of hydrogen-bond acceptors (Lipinski definition) is 4. The van der Waals surface area contributed by atoms with E-state index in [0.29, 0.717) is 15.9 Å². The van der Waals surface area contributed by atoms with Crippen molar-refractivity contribution >= 4 is 32.5 Å². The maximum atomic E-state index is 13.5. The van der Waals surface area contributed by atoms with Gasteiger partial charge in [-0.25, -0.2) is 4.98 Å². The van der Waals surface area contributed by atoms with Crippen LogP contribution >= 0.6 is 11.3 Å². The fourth-order valence-electron chi connectivity index (χ4n) is 3.33. The van der Waals surface area contributed by atoms with E-state index in [1.165, 1.54) is 11.3 Å². The summed E-state index contributed by atoms with van der Waals surface area (Å²) in [6, 6.07) is 24.5. The molecule has 0 fully saturated rings. The molecule has 130 valence electrons. The number of hydrogen-bond donors (Lipinski definition) is 1. The van der Waals surface area contributed by atoms with E-state index in [0.717, 1.165) is 15.9 Å². The van der Waals surface area contributed by atoms with Crippen molar-refractivity contribution < 1.29 is 5.11 Å². The first-order chi connectivity index (χ1) is 13.2. The number of para-hydroxylation sites is 3. The van der Waals surface area contributed by atoms with E-state index in [1.54, 1.807) is 4.57 Å². The summed E-state index contributed by atoms with van der Waals surface area (Å²) in [4.78, 5) is 18.0. The number of aromatic nitrogens is 2. The van der Waals surface area contributed by atoms with Gasteiger partial charge in [-0.3, -0.25) is 9.36 Å². The fourth-order valence-corrected chi connectivity index (χ4v) is 4.33. The molecule has 0 aliphatic heterocycles. The SMILES string of the molecule is O=c1c(-c2nc3ccccc3s2)c(O)c2ccccc2n1-c1ccccc1. The van der Waals surface area contributed by atoms with Crippen LogP contribution < -0.4 is 5.56 Å². The predicted molar refractivity (Wildman–Crippen MR) is 110 cm³/mol. The van der Waals surface area contributed by atoms with Crippen molar-refractivity contribution in [2.45, 2.75) is 0 Å². The van der Waals surface area contributed by atoms with E-state index < -0.39 is 0 Å². The molecule has 0 aliphatic rings. The number of aromatic hydroxyl groups is 1. The predicted octanol–water partition coefficient (Wildman–Crippen LogP) is 4.97. The van der Waals surface area contributed by atoms with Crippen molar-refractivity contribution in [2.24, 2.45) is 0 Å². The van der Waals surface area contributed by atoms with Crippen molar-refractivity contribution in [3.05, 3.63) is 89.2 Å². The zero-order valence-electron chi connectivity index (χ0n) is 14.2. The highest BCUT2D eigenvalue weighted by Crippen LogP contribution is 2.37. The van der Waals surface area contributed by atoms with Gasteiger partial charge in [-0.15, -0.1) is 11.3 Å². The van der Waals surface area contributed by atoms with Crippen LogP contribution in [0.3, 0.4) is 0 Å². The largest absolute Gasteiger partial charge is 0.506 e.